The summed E-state index contributed by atoms with van der Waals surface area (Å²) < 4.78 is 10.1. The second kappa shape index (κ2) is 7.78. The predicted molar refractivity (Wildman–Crippen MR) is 102 cm³/mol. The van der Waals surface area contributed by atoms with Gasteiger partial charge >= 0.3 is 5.97 Å². The smallest absolute Gasteiger partial charge is 0.355 e. The predicted octanol–water partition coefficient (Wildman–Crippen LogP) is 3.19. The van der Waals surface area contributed by atoms with Gasteiger partial charge in [-0.2, -0.15) is 0 Å². The van der Waals surface area contributed by atoms with Gasteiger partial charge in [-0.05, 0) is 30.7 Å². The van der Waals surface area contributed by atoms with Crippen molar-refractivity contribution in [2.45, 2.75) is 6.92 Å². The Kier molecular flexibility index (Phi) is 5.25. The maximum absolute atomic E-state index is 12.2. The van der Waals surface area contributed by atoms with Gasteiger partial charge in [0, 0.05) is 29.1 Å². The molecule has 0 fully saturated rings. The number of amides is 1. The molecule has 0 spiro atoms. The number of methoxy groups -OCH3 is 1. The van der Waals surface area contributed by atoms with Gasteiger partial charge < -0.3 is 19.8 Å². The first kappa shape index (κ1) is 18.9. The lowest BCUT2D eigenvalue weighted by molar-refractivity contribution is -0.384. The molecule has 0 saturated heterocycles. The minimum Gasteiger partial charge on any atom is -0.497 e. The Hall–Kier alpha value is -3.88. The summed E-state index contributed by atoms with van der Waals surface area (Å²) in [4.78, 5) is 37.4. The number of benzene rings is 2. The van der Waals surface area contributed by atoms with Crippen LogP contribution in [0.3, 0.4) is 0 Å². The van der Waals surface area contributed by atoms with E-state index in [2.05, 4.69) is 10.3 Å². The SMILES string of the molecule is COc1ccc2cc(C(=O)OCC(=O)Nc3cc([N+](=O)[O-])ccc3C)[nH]c2c1. The van der Waals surface area contributed by atoms with E-state index in [0.717, 1.165) is 5.39 Å². The zero-order valence-electron chi connectivity index (χ0n) is 15.1. The Balaban J connectivity index is 1.64. The van der Waals surface area contributed by atoms with Crippen molar-refractivity contribution in [2.75, 3.05) is 19.0 Å². The number of anilines is 1. The third kappa shape index (κ3) is 4.09. The van der Waals surface area contributed by atoms with Gasteiger partial charge in [0.2, 0.25) is 0 Å². The molecule has 0 bridgehead atoms. The number of ether oxygens (including phenoxy) is 2. The molecule has 9 nitrogen and oxygen atoms in total. The average molecular weight is 383 g/mol. The fraction of sp³-hybridized carbons (Fsp3) is 0.158. The van der Waals surface area contributed by atoms with E-state index in [4.69, 9.17) is 9.47 Å². The first-order valence-electron chi connectivity index (χ1n) is 8.26. The number of non-ortho nitro benzene ring substituents is 1. The fourth-order valence-corrected chi connectivity index (χ4v) is 2.60. The number of esters is 1. The summed E-state index contributed by atoms with van der Waals surface area (Å²) in [6.45, 7) is 1.17. The molecule has 0 saturated carbocycles. The Bertz CT molecular complexity index is 1070. The molecule has 1 aromatic heterocycles. The van der Waals surface area contributed by atoms with E-state index < -0.39 is 23.4 Å². The highest BCUT2D eigenvalue weighted by molar-refractivity contribution is 5.98. The van der Waals surface area contributed by atoms with Gasteiger partial charge in [0.05, 0.1) is 17.7 Å². The van der Waals surface area contributed by atoms with E-state index in [1.54, 1.807) is 38.3 Å². The number of aromatic amines is 1. The number of aryl methyl sites for hydroxylation is 1. The first-order valence-corrected chi connectivity index (χ1v) is 8.26. The molecule has 1 amide bonds. The van der Waals surface area contributed by atoms with Crippen LogP contribution in [-0.2, 0) is 9.53 Å². The van der Waals surface area contributed by atoms with Gasteiger partial charge in [-0.1, -0.05) is 6.07 Å². The van der Waals surface area contributed by atoms with Crippen molar-refractivity contribution >= 4 is 34.2 Å². The molecule has 3 rings (SSSR count). The van der Waals surface area contributed by atoms with Crippen LogP contribution in [0.1, 0.15) is 16.1 Å². The molecule has 0 aliphatic carbocycles. The van der Waals surface area contributed by atoms with Crippen LogP contribution in [0.25, 0.3) is 10.9 Å². The van der Waals surface area contributed by atoms with Crippen molar-refractivity contribution in [3.63, 3.8) is 0 Å². The number of nitro benzene ring substituents is 1. The third-order valence-corrected chi connectivity index (χ3v) is 4.09. The lowest BCUT2D eigenvalue weighted by atomic mass is 10.2. The maximum Gasteiger partial charge on any atom is 0.355 e. The molecular weight excluding hydrogens is 366 g/mol. The van der Waals surface area contributed by atoms with Crippen LogP contribution in [0, 0.1) is 17.0 Å². The van der Waals surface area contributed by atoms with Gasteiger partial charge in [-0.3, -0.25) is 14.9 Å². The van der Waals surface area contributed by atoms with Crippen LogP contribution in [0.2, 0.25) is 0 Å². The van der Waals surface area contributed by atoms with E-state index in [0.29, 0.717) is 16.8 Å². The van der Waals surface area contributed by atoms with Gasteiger partial charge in [-0.25, -0.2) is 4.79 Å². The van der Waals surface area contributed by atoms with E-state index in [1.807, 2.05) is 0 Å². The number of carbonyl (C=O) groups excluding carboxylic acids is 2. The summed E-state index contributed by atoms with van der Waals surface area (Å²) in [5.74, 6) is -0.656. The lowest BCUT2D eigenvalue weighted by Gasteiger charge is -2.08. The number of H-pyrrole nitrogens is 1. The van der Waals surface area contributed by atoms with Gasteiger partial charge in [0.15, 0.2) is 6.61 Å². The number of nitro groups is 1. The van der Waals surface area contributed by atoms with Crippen molar-refractivity contribution in [1.82, 2.24) is 4.98 Å². The number of aromatic nitrogens is 1. The van der Waals surface area contributed by atoms with Crippen molar-refractivity contribution < 1.29 is 24.0 Å². The Morgan fingerprint density at radius 2 is 1.96 bits per heavy atom. The Morgan fingerprint density at radius 1 is 1.18 bits per heavy atom. The zero-order chi connectivity index (χ0) is 20.3. The molecule has 3 aromatic rings. The largest absolute Gasteiger partial charge is 0.497 e. The standard InChI is InChI=1S/C19H17N3O6/c1-11-3-5-13(22(25)26)8-15(11)21-18(23)10-28-19(24)17-7-12-4-6-14(27-2)9-16(12)20-17/h3-9,20H,10H2,1-2H3,(H,21,23). The zero-order valence-corrected chi connectivity index (χ0v) is 15.1. The molecule has 0 aliphatic heterocycles. The van der Waals surface area contributed by atoms with Crippen LogP contribution >= 0.6 is 0 Å². The second-order valence-corrected chi connectivity index (χ2v) is 6.02. The first-order chi connectivity index (χ1) is 13.4. The summed E-state index contributed by atoms with van der Waals surface area (Å²) in [6, 6.07) is 11.0. The van der Waals surface area contributed by atoms with Crippen LogP contribution in [0.15, 0.2) is 42.5 Å². The lowest BCUT2D eigenvalue weighted by Crippen LogP contribution is -2.21. The van der Waals surface area contributed by atoms with E-state index in [1.165, 1.54) is 18.2 Å². The highest BCUT2D eigenvalue weighted by atomic mass is 16.6. The van der Waals surface area contributed by atoms with Crippen molar-refractivity contribution in [3.05, 3.63) is 63.8 Å². The summed E-state index contributed by atoms with van der Waals surface area (Å²) in [7, 11) is 1.54. The highest BCUT2D eigenvalue weighted by Gasteiger charge is 2.15. The molecule has 2 N–H and O–H groups in total. The molecule has 9 heteroatoms. The van der Waals surface area contributed by atoms with Crippen molar-refractivity contribution in [2.24, 2.45) is 0 Å². The van der Waals surface area contributed by atoms with Crippen LogP contribution < -0.4 is 10.1 Å². The summed E-state index contributed by atoms with van der Waals surface area (Å²) in [5, 5.41) is 14.2. The molecular formula is C19H17N3O6. The topological polar surface area (TPSA) is 124 Å². The van der Waals surface area contributed by atoms with Crippen LogP contribution in [0.4, 0.5) is 11.4 Å². The van der Waals surface area contributed by atoms with Crippen molar-refractivity contribution in [1.29, 1.82) is 0 Å². The van der Waals surface area contributed by atoms with E-state index in [-0.39, 0.29) is 17.1 Å². The Morgan fingerprint density at radius 3 is 2.68 bits per heavy atom. The number of carbonyl (C=O) groups is 2. The molecule has 0 aliphatic rings. The summed E-state index contributed by atoms with van der Waals surface area (Å²) in [6.07, 6.45) is 0. The molecule has 2 aromatic carbocycles. The van der Waals surface area contributed by atoms with Crippen molar-refractivity contribution in [3.8, 4) is 5.75 Å². The fourth-order valence-electron chi connectivity index (χ4n) is 2.60. The van der Waals surface area contributed by atoms with E-state index >= 15 is 0 Å². The number of fused-ring (bicyclic) bond motifs is 1. The molecule has 0 unspecified atom stereocenters. The average Bonchev–Trinajstić information content (AvgIpc) is 3.10. The Labute approximate surface area is 159 Å². The number of nitrogens with one attached hydrogen (secondary N) is 2. The number of rotatable bonds is 6. The molecule has 28 heavy (non-hydrogen) atoms. The quantitative estimate of drug-likeness (QED) is 0.383. The normalized spacial score (nSPS) is 10.5. The number of hydrogen-bond donors (Lipinski definition) is 2. The van der Waals surface area contributed by atoms with Gasteiger partial charge in [0.25, 0.3) is 11.6 Å². The molecule has 0 radical (unpaired) electrons. The summed E-state index contributed by atoms with van der Waals surface area (Å²) in [5.41, 5.74) is 1.68. The monoisotopic (exact) mass is 383 g/mol. The maximum atomic E-state index is 12.2. The number of nitrogens with zero attached hydrogens (tertiary/aromatic N) is 1. The van der Waals surface area contributed by atoms with Gasteiger partial charge in [0.1, 0.15) is 11.4 Å². The van der Waals surface area contributed by atoms with Crippen LogP contribution in [0.5, 0.6) is 5.75 Å². The van der Waals surface area contributed by atoms with Gasteiger partial charge in [-0.15, -0.1) is 0 Å². The van der Waals surface area contributed by atoms with E-state index in [9.17, 15) is 19.7 Å². The third-order valence-electron chi connectivity index (χ3n) is 4.09. The minimum absolute atomic E-state index is 0.147. The van der Waals surface area contributed by atoms with Crippen LogP contribution in [-0.4, -0.2) is 35.5 Å². The minimum atomic E-state index is -0.693. The molecule has 1 heterocycles. The number of hydrogen-bond acceptors (Lipinski definition) is 6. The highest BCUT2D eigenvalue weighted by Crippen LogP contribution is 2.23. The molecule has 144 valence electrons. The second-order valence-electron chi connectivity index (χ2n) is 6.02. The summed E-state index contributed by atoms with van der Waals surface area (Å²) >= 11 is 0. The molecule has 0 atom stereocenters.